The standard InChI is InChI=1S/C17H14ClFN2O2/c1-23-13-3-5-16-11(8-13)6-7-21(16)10-17(22)20-12-2-4-15(19)14(18)9-12/h2-9H,10H2,1H3,(H,20,22). The van der Waals surface area contributed by atoms with Gasteiger partial charge in [0.05, 0.1) is 12.1 Å². The molecule has 1 heterocycles. The molecule has 0 fully saturated rings. The Morgan fingerprint density at radius 1 is 1.26 bits per heavy atom. The van der Waals surface area contributed by atoms with Crippen molar-refractivity contribution in [2.45, 2.75) is 6.54 Å². The SMILES string of the molecule is COc1ccc2c(ccn2CC(=O)Nc2ccc(F)c(Cl)c2)c1. The molecule has 3 aromatic rings. The lowest BCUT2D eigenvalue weighted by Gasteiger charge is -2.08. The van der Waals surface area contributed by atoms with E-state index in [0.717, 1.165) is 16.7 Å². The van der Waals surface area contributed by atoms with Gasteiger partial charge in [-0.1, -0.05) is 11.6 Å². The Bertz CT molecular complexity index is 876. The minimum atomic E-state index is -0.519. The van der Waals surface area contributed by atoms with Gasteiger partial charge in [-0.05, 0) is 42.5 Å². The fourth-order valence-corrected chi connectivity index (χ4v) is 2.55. The Labute approximate surface area is 137 Å². The third kappa shape index (κ3) is 3.29. The van der Waals surface area contributed by atoms with Crippen LogP contribution >= 0.6 is 11.6 Å². The molecule has 118 valence electrons. The molecule has 2 aromatic carbocycles. The van der Waals surface area contributed by atoms with Gasteiger partial charge in [-0.3, -0.25) is 4.79 Å². The molecule has 0 aliphatic rings. The summed E-state index contributed by atoms with van der Waals surface area (Å²) in [5, 5.41) is 3.66. The van der Waals surface area contributed by atoms with Crippen LogP contribution in [0.3, 0.4) is 0 Å². The topological polar surface area (TPSA) is 43.3 Å². The van der Waals surface area contributed by atoms with Gasteiger partial charge in [-0.25, -0.2) is 4.39 Å². The number of fused-ring (bicyclic) bond motifs is 1. The molecular formula is C17H14ClFN2O2. The van der Waals surface area contributed by atoms with E-state index in [-0.39, 0.29) is 17.5 Å². The highest BCUT2D eigenvalue weighted by molar-refractivity contribution is 6.31. The van der Waals surface area contributed by atoms with Crippen LogP contribution < -0.4 is 10.1 Å². The molecule has 1 amide bonds. The normalized spacial score (nSPS) is 10.7. The highest BCUT2D eigenvalue weighted by Crippen LogP contribution is 2.22. The summed E-state index contributed by atoms with van der Waals surface area (Å²) in [5.74, 6) is 0.0247. The van der Waals surface area contributed by atoms with Crippen molar-refractivity contribution < 1.29 is 13.9 Å². The first-order chi connectivity index (χ1) is 11.1. The zero-order valence-corrected chi connectivity index (χ0v) is 13.1. The van der Waals surface area contributed by atoms with E-state index in [2.05, 4.69) is 5.32 Å². The van der Waals surface area contributed by atoms with Gasteiger partial charge in [-0.2, -0.15) is 0 Å². The fraction of sp³-hybridized carbons (Fsp3) is 0.118. The lowest BCUT2D eigenvalue weighted by Crippen LogP contribution is -2.18. The van der Waals surface area contributed by atoms with Crippen LogP contribution in [-0.2, 0) is 11.3 Å². The summed E-state index contributed by atoms with van der Waals surface area (Å²) in [6, 6.07) is 11.6. The van der Waals surface area contributed by atoms with E-state index < -0.39 is 5.82 Å². The number of anilines is 1. The maximum absolute atomic E-state index is 13.1. The number of carbonyl (C=O) groups is 1. The average molecular weight is 333 g/mol. The number of hydrogen-bond donors (Lipinski definition) is 1. The van der Waals surface area contributed by atoms with E-state index in [4.69, 9.17) is 16.3 Å². The molecule has 0 bridgehead atoms. The molecule has 0 spiro atoms. The minimum absolute atomic E-state index is 0.0266. The van der Waals surface area contributed by atoms with Crippen molar-refractivity contribution in [3.63, 3.8) is 0 Å². The maximum atomic E-state index is 13.1. The van der Waals surface area contributed by atoms with Crippen molar-refractivity contribution in [3.8, 4) is 5.75 Å². The Hall–Kier alpha value is -2.53. The van der Waals surface area contributed by atoms with Crippen LogP contribution in [0.1, 0.15) is 0 Å². The predicted octanol–water partition coefficient (Wildman–Crippen LogP) is 4.08. The minimum Gasteiger partial charge on any atom is -0.497 e. The Morgan fingerprint density at radius 3 is 2.83 bits per heavy atom. The second-order valence-corrected chi connectivity index (χ2v) is 5.45. The molecule has 3 rings (SSSR count). The molecule has 1 aromatic heterocycles. The van der Waals surface area contributed by atoms with Crippen molar-refractivity contribution in [2.75, 3.05) is 12.4 Å². The number of hydrogen-bond acceptors (Lipinski definition) is 2. The molecular weight excluding hydrogens is 319 g/mol. The smallest absolute Gasteiger partial charge is 0.244 e. The van der Waals surface area contributed by atoms with Crippen LogP contribution in [0.5, 0.6) is 5.75 Å². The van der Waals surface area contributed by atoms with Gasteiger partial charge >= 0.3 is 0 Å². The highest BCUT2D eigenvalue weighted by atomic mass is 35.5. The number of ether oxygens (including phenoxy) is 1. The van der Waals surface area contributed by atoms with Gasteiger partial charge in [0.2, 0.25) is 5.91 Å². The highest BCUT2D eigenvalue weighted by Gasteiger charge is 2.09. The fourth-order valence-electron chi connectivity index (χ4n) is 2.37. The lowest BCUT2D eigenvalue weighted by molar-refractivity contribution is -0.116. The number of carbonyl (C=O) groups excluding carboxylic acids is 1. The van der Waals surface area contributed by atoms with Crippen LogP contribution in [0, 0.1) is 5.82 Å². The first-order valence-corrected chi connectivity index (χ1v) is 7.32. The van der Waals surface area contributed by atoms with Crippen molar-refractivity contribution in [2.24, 2.45) is 0 Å². The van der Waals surface area contributed by atoms with Crippen molar-refractivity contribution >= 4 is 34.1 Å². The van der Waals surface area contributed by atoms with E-state index in [0.29, 0.717) is 5.69 Å². The van der Waals surface area contributed by atoms with Crippen LogP contribution in [0.15, 0.2) is 48.7 Å². The summed E-state index contributed by atoms with van der Waals surface area (Å²) < 4.78 is 20.1. The number of aromatic nitrogens is 1. The first kappa shape index (κ1) is 15.4. The Kier molecular flexibility index (Phi) is 4.21. The number of amides is 1. The van der Waals surface area contributed by atoms with E-state index >= 15 is 0 Å². The summed E-state index contributed by atoms with van der Waals surface area (Å²) in [7, 11) is 1.61. The summed E-state index contributed by atoms with van der Waals surface area (Å²) in [6.45, 7) is 0.144. The summed E-state index contributed by atoms with van der Waals surface area (Å²) in [5.41, 5.74) is 1.39. The number of methoxy groups -OCH3 is 1. The molecule has 0 atom stereocenters. The number of nitrogens with zero attached hydrogens (tertiary/aromatic N) is 1. The number of benzene rings is 2. The molecule has 0 unspecified atom stereocenters. The summed E-state index contributed by atoms with van der Waals surface area (Å²) in [6.07, 6.45) is 1.83. The molecule has 6 heteroatoms. The van der Waals surface area contributed by atoms with E-state index in [1.807, 2.05) is 35.0 Å². The van der Waals surface area contributed by atoms with Gasteiger partial charge in [0.1, 0.15) is 18.1 Å². The third-order valence-corrected chi connectivity index (χ3v) is 3.79. The molecule has 0 saturated carbocycles. The van der Waals surface area contributed by atoms with E-state index in [9.17, 15) is 9.18 Å². The quantitative estimate of drug-likeness (QED) is 0.782. The van der Waals surface area contributed by atoms with Crippen LogP contribution in [0.2, 0.25) is 5.02 Å². The van der Waals surface area contributed by atoms with Gasteiger partial charge in [-0.15, -0.1) is 0 Å². The summed E-state index contributed by atoms with van der Waals surface area (Å²) in [4.78, 5) is 12.1. The van der Waals surface area contributed by atoms with Gasteiger partial charge < -0.3 is 14.6 Å². The van der Waals surface area contributed by atoms with E-state index in [1.165, 1.54) is 18.2 Å². The van der Waals surface area contributed by atoms with Crippen molar-refractivity contribution in [1.29, 1.82) is 0 Å². The van der Waals surface area contributed by atoms with Crippen LogP contribution in [0.25, 0.3) is 10.9 Å². The molecule has 23 heavy (non-hydrogen) atoms. The second kappa shape index (κ2) is 6.30. The lowest BCUT2D eigenvalue weighted by atomic mass is 10.2. The summed E-state index contributed by atoms with van der Waals surface area (Å²) >= 11 is 5.70. The zero-order chi connectivity index (χ0) is 16.4. The molecule has 0 radical (unpaired) electrons. The second-order valence-electron chi connectivity index (χ2n) is 5.05. The molecule has 0 saturated heterocycles. The number of nitrogens with one attached hydrogen (secondary N) is 1. The zero-order valence-electron chi connectivity index (χ0n) is 12.3. The number of halogens is 2. The molecule has 0 aliphatic heterocycles. The van der Waals surface area contributed by atoms with Crippen LogP contribution in [0.4, 0.5) is 10.1 Å². The van der Waals surface area contributed by atoms with E-state index in [1.54, 1.807) is 7.11 Å². The van der Waals surface area contributed by atoms with Crippen molar-refractivity contribution in [1.82, 2.24) is 4.57 Å². The monoisotopic (exact) mass is 332 g/mol. The van der Waals surface area contributed by atoms with Crippen molar-refractivity contribution in [3.05, 3.63) is 59.5 Å². The Morgan fingerprint density at radius 2 is 2.09 bits per heavy atom. The van der Waals surface area contributed by atoms with Gasteiger partial charge in [0, 0.05) is 22.8 Å². The molecule has 1 N–H and O–H groups in total. The average Bonchev–Trinajstić information content (AvgIpc) is 2.93. The van der Waals surface area contributed by atoms with Gasteiger partial charge in [0.25, 0.3) is 0 Å². The third-order valence-electron chi connectivity index (χ3n) is 3.50. The molecule has 4 nitrogen and oxygen atoms in total. The Balaban J connectivity index is 1.76. The number of rotatable bonds is 4. The van der Waals surface area contributed by atoms with Crippen LogP contribution in [-0.4, -0.2) is 17.6 Å². The largest absolute Gasteiger partial charge is 0.497 e. The van der Waals surface area contributed by atoms with Gasteiger partial charge in [0.15, 0.2) is 0 Å². The first-order valence-electron chi connectivity index (χ1n) is 6.94. The molecule has 0 aliphatic carbocycles. The predicted molar refractivity (Wildman–Crippen MR) is 88.5 cm³/mol. The maximum Gasteiger partial charge on any atom is 0.244 e.